The number of ether oxygens (including phenoxy) is 1. The largest absolute Gasteiger partial charge is 0.381 e. The van der Waals surface area contributed by atoms with Crippen LogP contribution in [0, 0.1) is 0 Å². The zero-order chi connectivity index (χ0) is 6.24. The van der Waals surface area contributed by atoms with E-state index in [0.29, 0.717) is 0 Å². The molecule has 1 nitrogen and oxygen atoms in total. The van der Waals surface area contributed by atoms with Crippen LogP contribution in [-0.2, 0) is 4.74 Å². The van der Waals surface area contributed by atoms with Crippen LogP contribution < -0.4 is 0 Å². The number of hydrogen-bond donors (Lipinski definition) is 0. The van der Waals surface area contributed by atoms with Gasteiger partial charge in [0.15, 0.2) is 0 Å². The van der Waals surface area contributed by atoms with Crippen molar-refractivity contribution < 1.29 is 4.74 Å². The molecular formula is C6H15OP. The fourth-order valence-electron chi connectivity index (χ4n) is 0.432. The van der Waals surface area contributed by atoms with Crippen LogP contribution in [0.15, 0.2) is 0 Å². The van der Waals surface area contributed by atoms with Crippen molar-refractivity contribution in [1.82, 2.24) is 0 Å². The van der Waals surface area contributed by atoms with E-state index >= 15 is 0 Å². The van der Waals surface area contributed by atoms with Crippen molar-refractivity contribution in [3.05, 3.63) is 0 Å². The van der Waals surface area contributed by atoms with Crippen LogP contribution in [0.3, 0.4) is 0 Å². The molecule has 0 N–H and O–H groups in total. The summed E-state index contributed by atoms with van der Waals surface area (Å²) in [7, 11) is 2.64. The summed E-state index contributed by atoms with van der Waals surface area (Å²) in [4.78, 5) is 0. The van der Waals surface area contributed by atoms with E-state index in [9.17, 15) is 0 Å². The molecule has 0 bridgehead atoms. The third-order valence-electron chi connectivity index (χ3n) is 0.904. The first-order chi connectivity index (χ1) is 3.91. The van der Waals surface area contributed by atoms with Crippen LogP contribution in [-0.4, -0.2) is 19.4 Å². The predicted octanol–water partition coefficient (Wildman–Crippen LogP) is 1.68. The minimum atomic E-state index is 0.894. The molecule has 0 radical (unpaired) electrons. The van der Waals surface area contributed by atoms with E-state index in [2.05, 4.69) is 16.2 Å². The molecule has 0 saturated heterocycles. The van der Waals surface area contributed by atoms with Crippen LogP contribution in [0.4, 0.5) is 0 Å². The van der Waals surface area contributed by atoms with Gasteiger partial charge in [0, 0.05) is 6.61 Å². The van der Waals surface area contributed by atoms with Crippen molar-refractivity contribution in [2.45, 2.75) is 19.8 Å². The van der Waals surface area contributed by atoms with Crippen LogP contribution in [0.25, 0.3) is 0 Å². The zero-order valence-corrected chi connectivity index (χ0v) is 6.68. The molecule has 8 heavy (non-hydrogen) atoms. The van der Waals surface area contributed by atoms with Crippen LogP contribution >= 0.6 is 9.24 Å². The zero-order valence-electron chi connectivity index (χ0n) is 5.52. The molecule has 0 aliphatic rings. The van der Waals surface area contributed by atoms with Crippen molar-refractivity contribution >= 4 is 9.24 Å². The molecule has 0 aromatic carbocycles. The highest BCUT2D eigenvalue weighted by molar-refractivity contribution is 7.16. The van der Waals surface area contributed by atoms with Crippen LogP contribution in [0.2, 0.25) is 0 Å². The summed E-state index contributed by atoms with van der Waals surface area (Å²) in [6.07, 6.45) is 3.49. The van der Waals surface area contributed by atoms with Gasteiger partial charge in [-0.15, -0.1) is 9.24 Å². The Hall–Kier alpha value is 0.390. The Balaban J connectivity index is 2.53. The Bertz CT molecular complexity index is 33.5. The Morgan fingerprint density at radius 2 is 2.12 bits per heavy atom. The van der Waals surface area contributed by atoms with E-state index in [1.54, 1.807) is 0 Å². The molecule has 1 unspecified atom stereocenters. The molecule has 0 amide bonds. The van der Waals surface area contributed by atoms with Gasteiger partial charge in [-0.3, -0.25) is 0 Å². The molecule has 0 saturated carbocycles. The van der Waals surface area contributed by atoms with Gasteiger partial charge >= 0.3 is 0 Å². The smallest absolute Gasteiger partial charge is 0.0500 e. The molecule has 0 aliphatic heterocycles. The monoisotopic (exact) mass is 134 g/mol. The highest BCUT2D eigenvalue weighted by atomic mass is 31.0. The molecule has 0 aliphatic carbocycles. The lowest BCUT2D eigenvalue weighted by Crippen LogP contribution is -1.96. The van der Waals surface area contributed by atoms with Crippen molar-refractivity contribution in [2.24, 2.45) is 0 Å². The maximum atomic E-state index is 5.20. The van der Waals surface area contributed by atoms with Gasteiger partial charge in [0.2, 0.25) is 0 Å². The first kappa shape index (κ1) is 8.39. The molecule has 0 spiro atoms. The van der Waals surface area contributed by atoms with Gasteiger partial charge < -0.3 is 4.74 Å². The van der Waals surface area contributed by atoms with E-state index < -0.39 is 0 Å². The molecule has 50 valence electrons. The molecule has 1 atom stereocenters. The Labute approximate surface area is 54.0 Å². The summed E-state index contributed by atoms with van der Waals surface area (Å²) in [5, 5.41) is 0. The van der Waals surface area contributed by atoms with E-state index in [1.807, 2.05) is 0 Å². The normalized spacial score (nSPS) is 9.75. The maximum Gasteiger partial charge on any atom is 0.0500 e. The van der Waals surface area contributed by atoms with E-state index in [1.165, 1.54) is 12.8 Å². The third-order valence-corrected chi connectivity index (χ3v) is 1.14. The molecule has 0 heterocycles. The average molecular weight is 134 g/mol. The number of rotatable bonds is 5. The van der Waals surface area contributed by atoms with Gasteiger partial charge in [-0.1, -0.05) is 13.3 Å². The quantitative estimate of drug-likeness (QED) is 0.410. The predicted molar refractivity (Wildman–Crippen MR) is 40.3 cm³/mol. The van der Waals surface area contributed by atoms with Crippen molar-refractivity contribution in [3.63, 3.8) is 0 Å². The average Bonchev–Trinajstić information content (AvgIpc) is 1.81. The van der Waals surface area contributed by atoms with Crippen molar-refractivity contribution in [3.8, 4) is 0 Å². The Morgan fingerprint density at radius 3 is 2.62 bits per heavy atom. The third kappa shape index (κ3) is 6.39. The molecule has 0 aromatic heterocycles. The van der Waals surface area contributed by atoms with Gasteiger partial charge in [-0.25, -0.2) is 0 Å². The van der Waals surface area contributed by atoms with Crippen LogP contribution in [0.5, 0.6) is 0 Å². The standard InChI is InChI=1S/C6H15OP/c1-2-3-4-7-5-6-8/h2-6,8H2,1H3. The summed E-state index contributed by atoms with van der Waals surface area (Å²) < 4.78 is 5.20. The molecule has 0 aromatic rings. The summed E-state index contributed by atoms with van der Waals surface area (Å²) in [6.45, 7) is 4.00. The van der Waals surface area contributed by atoms with Gasteiger partial charge in [-0.05, 0) is 12.6 Å². The number of hydrogen-bond acceptors (Lipinski definition) is 1. The minimum absolute atomic E-state index is 0.894. The van der Waals surface area contributed by atoms with Gasteiger partial charge in [-0.2, -0.15) is 0 Å². The van der Waals surface area contributed by atoms with Crippen molar-refractivity contribution in [2.75, 3.05) is 19.4 Å². The first-order valence-corrected chi connectivity index (χ1v) is 4.01. The number of unbranched alkanes of at least 4 members (excludes halogenated alkanes) is 1. The molecule has 0 fully saturated rings. The lowest BCUT2D eigenvalue weighted by molar-refractivity contribution is 0.147. The fraction of sp³-hybridized carbons (Fsp3) is 1.00. The summed E-state index contributed by atoms with van der Waals surface area (Å²) in [5.74, 6) is 0. The fourth-order valence-corrected chi connectivity index (χ4v) is 0.598. The van der Waals surface area contributed by atoms with Gasteiger partial charge in [0.05, 0.1) is 6.61 Å². The van der Waals surface area contributed by atoms with Gasteiger partial charge in [0.1, 0.15) is 0 Å². The molecule has 0 rings (SSSR count). The van der Waals surface area contributed by atoms with E-state index in [0.717, 1.165) is 19.4 Å². The lowest BCUT2D eigenvalue weighted by Gasteiger charge is -1.97. The summed E-state index contributed by atoms with van der Waals surface area (Å²) in [6, 6.07) is 0. The second-order valence-electron chi connectivity index (χ2n) is 1.75. The highest BCUT2D eigenvalue weighted by Gasteiger charge is 1.81. The second-order valence-corrected chi connectivity index (χ2v) is 2.33. The van der Waals surface area contributed by atoms with E-state index in [-0.39, 0.29) is 0 Å². The topological polar surface area (TPSA) is 9.23 Å². The Kier molecular flexibility index (Phi) is 7.75. The summed E-state index contributed by atoms with van der Waals surface area (Å²) >= 11 is 0. The van der Waals surface area contributed by atoms with Crippen molar-refractivity contribution in [1.29, 1.82) is 0 Å². The molecule has 2 heteroatoms. The lowest BCUT2D eigenvalue weighted by atomic mass is 10.4. The highest BCUT2D eigenvalue weighted by Crippen LogP contribution is 1.88. The summed E-state index contributed by atoms with van der Waals surface area (Å²) in [5.41, 5.74) is 0. The second kappa shape index (κ2) is 7.39. The maximum absolute atomic E-state index is 5.20. The van der Waals surface area contributed by atoms with E-state index in [4.69, 9.17) is 4.74 Å². The first-order valence-electron chi connectivity index (χ1n) is 3.19. The van der Waals surface area contributed by atoms with Gasteiger partial charge in [0.25, 0.3) is 0 Å². The molecular weight excluding hydrogens is 119 g/mol. The SMILES string of the molecule is CCCCOCCP. The Morgan fingerprint density at radius 1 is 1.38 bits per heavy atom. The minimum Gasteiger partial charge on any atom is -0.381 e. The van der Waals surface area contributed by atoms with Crippen LogP contribution in [0.1, 0.15) is 19.8 Å².